The van der Waals surface area contributed by atoms with Crippen LogP contribution in [0.2, 0.25) is 0 Å². The smallest absolute Gasteiger partial charge is 0.274 e. The molecule has 134 valence electrons. The normalized spacial score (nSPS) is 10.8. The zero-order valence-corrected chi connectivity index (χ0v) is 16.2. The number of nitrogens with one attached hydrogen (secondary N) is 2. The van der Waals surface area contributed by atoms with Gasteiger partial charge in [-0.25, -0.2) is 4.68 Å². The second-order valence-corrected chi connectivity index (χ2v) is 6.96. The van der Waals surface area contributed by atoms with Crippen molar-refractivity contribution in [2.24, 2.45) is 0 Å². The van der Waals surface area contributed by atoms with E-state index in [1.54, 1.807) is 11.6 Å². The summed E-state index contributed by atoms with van der Waals surface area (Å²) in [5.74, 6) is -0.372. The first-order valence-electron chi connectivity index (χ1n) is 8.02. The van der Waals surface area contributed by atoms with Gasteiger partial charge >= 0.3 is 0 Å². The minimum absolute atomic E-state index is 0.128. The molecule has 0 atom stereocenters. The van der Waals surface area contributed by atoms with E-state index in [9.17, 15) is 9.59 Å². The van der Waals surface area contributed by atoms with Crippen molar-refractivity contribution < 1.29 is 4.79 Å². The van der Waals surface area contributed by atoms with Gasteiger partial charge in [-0.2, -0.15) is 0 Å². The zero-order valence-electron chi connectivity index (χ0n) is 14.6. The van der Waals surface area contributed by atoms with Gasteiger partial charge < -0.3 is 10.3 Å². The summed E-state index contributed by atoms with van der Waals surface area (Å²) in [4.78, 5) is 27.3. The van der Waals surface area contributed by atoms with Gasteiger partial charge in [-0.3, -0.25) is 9.59 Å². The highest BCUT2D eigenvalue weighted by atomic mass is 79.9. The summed E-state index contributed by atoms with van der Waals surface area (Å²) in [6.07, 6.45) is 0. The maximum absolute atomic E-state index is 12.5. The Kier molecular flexibility index (Phi) is 5.03. The van der Waals surface area contributed by atoms with Gasteiger partial charge in [-0.1, -0.05) is 27.2 Å². The molecule has 0 fully saturated rings. The highest BCUT2D eigenvalue weighted by molar-refractivity contribution is 9.10. The largest absolute Gasteiger partial charge is 0.346 e. The van der Waals surface area contributed by atoms with Crippen LogP contribution < -0.4 is 10.9 Å². The number of benzene rings is 1. The number of aryl methyl sites for hydroxylation is 2. The number of aromatic nitrogens is 4. The summed E-state index contributed by atoms with van der Waals surface area (Å²) >= 11 is 3.42. The van der Waals surface area contributed by atoms with E-state index < -0.39 is 0 Å². The Morgan fingerprint density at radius 2 is 2.04 bits per heavy atom. The summed E-state index contributed by atoms with van der Waals surface area (Å²) in [6, 6.07) is 9.43. The van der Waals surface area contributed by atoms with E-state index in [1.807, 2.05) is 44.2 Å². The lowest BCUT2D eigenvalue weighted by Crippen LogP contribution is -2.28. The number of carbonyl (C=O) groups is 1. The van der Waals surface area contributed by atoms with Crippen LogP contribution in [0.5, 0.6) is 0 Å². The third kappa shape index (κ3) is 3.60. The molecule has 0 radical (unpaired) electrons. The van der Waals surface area contributed by atoms with Crippen molar-refractivity contribution in [3.05, 3.63) is 73.4 Å². The number of pyridine rings is 1. The van der Waals surface area contributed by atoms with Crippen molar-refractivity contribution >= 4 is 21.8 Å². The van der Waals surface area contributed by atoms with Crippen molar-refractivity contribution in [1.29, 1.82) is 0 Å². The van der Waals surface area contributed by atoms with Gasteiger partial charge in [0.2, 0.25) is 0 Å². The van der Waals surface area contributed by atoms with Crippen molar-refractivity contribution in [1.82, 2.24) is 25.3 Å². The van der Waals surface area contributed by atoms with Gasteiger partial charge in [-0.15, -0.1) is 5.10 Å². The van der Waals surface area contributed by atoms with Gasteiger partial charge in [0, 0.05) is 22.3 Å². The zero-order chi connectivity index (χ0) is 18.8. The van der Waals surface area contributed by atoms with Crippen molar-refractivity contribution in [3.8, 4) is 5.69 Å². The summed E-state index contributed by atoms with van der Waals surface area (Å²) in [5.41, 5.74) is 3.60. The lowest BCUT2D eigenvalue weighted by Gasteiger charge is -2.08. The summed E-state index contributed by atoms with van der Waals surface area (Å²) in [7, 11) is 0. The fourth-order valence-corrected chi connectivity index (χ4v) is 3.13. The molecule has 0 saturated heterocycles. The number of aromatic amines is 1. The summed E-state index contributed by atoms with van der Waals surface area (Å²) in [5, 5.41) is 10.8. The fourth-order valence-electron chi connectivity index (χ4n) is 2.75. The van der Waals surface area contributed by atoms with Crippen molar-refractivity contribution in [2.75, 3.05) is 0 Å². The molecule has 0 saturated carbocycles. The molecule has 1 amide bonds. The fraction of sp³-hybridized carbons (Fsp3) is 0.222. The SMILES string of the molecule is Cc1cc(C)c(CNC(=O)c2nnn(-c3cccc(Br)c3)c2C)c(=O)[nH]1. The topological polar surface area (TPSA) is 92.7 Å². The molecule has 7 nitrogen and oxygen atoms in total. The Morgan fingerprint density at radius 1 is 1.27 bits per heavy atom. The number of hydrogen-bond donors (Lipinski definition) is 2. The molecular formula is C18H18BrN5O2. The van der Waals surface area contributed by atoms with E-state index in [1.165, 1.54) is 0 Å². The van der Waals surface area contributed by atoms with E-state index in [-0.39, 0.29) is 23.7 Å². The minimum atomic E-state index is -0.372. The first kappa shape index (κ1) is 18.1. The lowest BCUT2D eigenvalue weighted by molar-refractivity contribution is 0.0945. The summed E-state index contributed by atoms with van der Waals surface area (Å²) < 4.78 is 2.51. The molecule has 0 spiro atoms. The lowest BCUT2D eigenvalue weighted by atomic mass is 10.1. The molecule has 3 aromatic rings. The third-order valence-electron chi connectivity index (χ3n) is 4.08. The van der Waals surface area contributed by atoms with Crippen LogP contribution in [0.15, 0.2) is 39.6 Å². The minimum Gasteiger partial charge on any atom is -0.346 e. The molecule has 0 unspecified atom stereocenters. The van der Waals surface area contributed by atoms with Gasteiger partial charge in [0.05, 0.1) is 11.4 Å². The predicted molar refractivity (Wildman–Crippen MR) is 102 cm³/mol. The van der Waals surface area contributed by atoms with E-state index in [2.05, 4.69) is 36.5 Å². The van der Waals surface area contributed by atoms with Crippen LogP contribution in [0.4, 0.5) is 0 Å². The number of hydrogen-bond acceptors (Lipinski definition) is 4. The van der Waals surface area contributed by atoms with Crippen LogP contribution >= 0.6 is 15.9 Å². The quantitative estimate of drug-likeness (QED) is 0.684. The van der Waals surface area contributed by atoms with Gasteiger partial charge in [0.15, 0.2) is 5.69 Å². The number of carbonyl (C=O) groups excluding carboxylic acids is 1. The molecule has 0 aliphatic rings. The number of amides is 1. The molecule has 0 bridgehead atoms. The monoisotopic (exact) mass is 415 g/mol. The predicted octanol–water partition coefficient (Wildman–Crippen LogP) is 2.57. The number of halogens is 1. The molecule has 26 heavy (non-hydrogen) atoms. The standard InChI is InChI=1S/C18H18BrN5O2/c1-10-7-11(2)21-17(25)15(10)9-20-18(26)16-12(3)24(23-22-16)14-6-4-5-13(19)8-14/h4-8H,9H2,1-3H3,(H,20,26)(H,21,25). The second kappa shape index (κ2) is 7.25. The third-order valence-corrected chi connectivity index (χ3v) is 4.58. The van der Waals surface area contributed by atoms with E-state index in [0.717, 1.165) is 21.4 Å². The number of rotatable bonds is 4. The molecule has 1 aromatic carbocycles. The molecule has 0 aliphatic carbocycles. The first-order valence-corrected chi connectivity index (χ1v) is 8.82. The second-order valence-electron chi connectivity index (χ2n) is 6.04. The van der Waals surface area contributed by atoms with Crippen LogP contribution in [0, 0.1) is 20.8 Å². The average molecular weight is 416 g/mol. The molecule has 2 aromatic heterocycles. The van der Waals surface area contributed by atoms with Gasteiger partial charge in [-0.05, 0) is 50.6 Å². The van der Waals surface area contributed by atoms with Crippen molar-refractivity contribution in [2.45, 2.75) is 27.3 Å². The molecule has 2 heterocycles. The van der Waals surface area contributed by atoms with Crippen molar-refractivity contribution in [3.63, 3.8) is 0 Å². The molecule has 2 N–H and O–H groups in total. The van der Waals surface area contributed by atoms with Gasteiger partial charge in [0.1, 0.15) is 0 Å². The van der Waals surface area contributed by atoms with Crippen LogP contribution in [0.3, 0.4) is 0 Å². The summed E-state index contributed by atoms with van der Waals surface area (Å²) in [6.45, 7) is 5.57. The van der Waals surface area contributed by atoms with Crippen LogP contribution in [0.25, 0.3) is 5.69 Å². The Bertz CT molecular complexity index is 1040. The molecule has 0 aliphatic heterocycles. The Balaban J connectivity index is 1.81. The number of H-pyrrole nitrogens is 1. The molecular weight excluding hydrogens is 398 g/mol. The maximum atomic E-state index is 12.5. The van der Waals surface area contributed by atoms with Crippen LogP contribution in [-0.2, 0) is 6.54 Å². The highest BCUT2D eigenvalue weighted by Crippen LogP contribution is 2.17. The highest BCUT2D eigenvalue weighted by Gasteiger charge is 2.18. The Morgan fingerprint density at radius 3 is 2.73 bits per heavy atom. The Labute approximate surface area is 158 Å². The van der Waals surface area contributed by atoms with Gasteiger partial charge in [0.25, 0.3) is 11.5 Å². The maximum Gasteiger partial charge on any atom is 0.274 e. The van der Waals surface area contributed by atoms with E-state index >= 15 is 0 Å². The first-order chi connectivity index (χ1) is 12.4. The number of nitrogens with zero attached hydrogens (tertiary/aromatic N) is 3. The Hall–Kier alpha value is -2.74. The van der Waals surface area contributed by atoms with Crippen LogP contribution in [0.1, 0.15) is 33.0 Å². The van der Waals surface area contributed by atoms with E-state index in [0.29, 0.717) is 11.3 Å². The average Bonchev–Trinajstić information content (AvgIpc) is 2.95. The van der Waals surface area contributed by atoms with E-state index in [4.69, 9.17) is 0 Å². The van der Waals surface area contributed by atoms with Crippen LogP contribution in [-0.4, -0.2) is 25.9 Å². The molecule has 8 heteroatoms. The molecule has 3 rings (SSSR count).